The van der Waals surface area contributed by atoms with Crippen molar-refractivity contribution >= 4 is 17.3 Å². The number of nitrogens with one attached hydrogen (secondary N) is 2. The zero-order valence-electron chi connectivity index (χ0n) is 21.4. The molecule has 9 heteroatoms. The second-order valence-electron chi connectivity index (χ2n) is 10.2. The maximum atomic E-state index is 10.0. The molecule has 3 N–H and O–H groups in total. The summed E-state index contributed by atoms with van der Waals surface area (Å²) in [6.07, 6.45) is 3.53. The summed E-state index contributed by atoms with van der Waals surface area (Å²) < 4.78 is 11.6. The lowest BCUT2D eigenvalue weighted by atomic mass is 9.83. The molecule has 2 aliphatic rings. The van der Waals surface area contributed by atoms with Gasteiger partial charge >= 0.3 is 0 Å². The molecule has 1 atom stereocenters. The molecule has 0 radical (unpaired) electrons. The third-order valence-corrected chi connectivity index (χ3v) is 6.98. The molecule has 0 bridgehead atoms. The van der Waals surface area contributed by atoms with Crippen LogP contribution in [0.15, 0.2) is 36.5 Å². The quantitative estimate of drug-likeness (QED) is 0.429. The highest BCUT2D eigenvalue weighted by Gasteiger charge is 2.36. The minimum atomic E-state index is -0.466. The average Bonchev–Trinajstić information content (AvgIpc) is 3.26. The maximum Gasteiger partial charge on any atom is 0.238 e. The Bertz CT molecular complexity index is 1330. The van der Waals surface area contributed by atoms with Crippen molar-refractivity contribution in [3.05, 3.63) is 53.3 Å². The van der Waals surface area contributed by atoms with Gasteiger partial charge in [0.05, 0.1) is 29.7 Å². The van der Waals surface area contributed by atoms with Crippen LogP contribution in [-0.4, -0.2) is 52.5 Å². The molecule has 192 valence electrons. The molecule has 0 unspecified atom stereocenters. The van der Waals surface area contributed by atoms with E-state index in [1.165, 1.54) is 0 Å². The smallest absolute Gasteiger partial charge is 0.238 e. The predicted octanol–water partition coefficient (Wildman–Crippen LogP) is 4.51. The number of benzene rings is 1. The molecule has 37 heavy (non-hydrogen) atoms. The van der Waals surface area contributed by atoms with Gasteiger partial charge < -0.3 is 25.2 Å². The number of nitrogens with zero attached hydrogens (tertiary/aromatic N) is 4. The van der Waals surface area contributed by atoms with Gasteiger partial charge in [-0.25, -0.2) is 15.0 Å². The van der Waals surface area contributed by atoms with E-state index < -0.39 is 5.41 Å². The molecule has 5 rings (SSSR count). The van der Waals surface area contributed by atoms with E-state index in [1.54, 1.807) is 6.20 Å². The third kappa shape index (κ3) is 5.08. The number of nitriles is 1. The summed E-state index contributed by atoms with van der Waals surface area (Å²) in [6, 6.07) is 11.9. The molecule has 9 nitrogen and oxygen atoms in total. The summed E-state index contributed by atoms with van der Waals surface area (Å²) in [5.41, 5.74) is 4.90. The van der Waals surface area contributed by atoms with Crippen molar-refractivity contribution in [1.82, 2.24) is 15.0 Å². The minimum absolute atomic E-state index is 0.0204. The lowest BCUT2D eigenvalue weighted by molar-refractivity contribution is 0.0842. The normalized spacial score (nSPS) is 19.2. The van der Waals surface area contributed by atoms with Crippen molar-refractivity contribution in [2.75, 3.05) is 37.0 Å². The molecule has 1 aromatic carbocycles. The first-order chi connectivity index (χ1) is 17.9. The van der Waals surface area contributed by atoms with Crippen LogP contribution in [0.1, 0.15) is 56.4 Å². The fraction of sp³-hybridized carbons (Fsp3) is 0.429. The number of rotatable bonds is 7. The number of fused-ring (bicyclic) bond motifs is 1. The molecular weight excluding hydrogens is 468 g/mol. The van der Waals surface area contributed by atoms with Gasteiger partial charge in [0.2, 0.25) is 11.8 Å². The van der Waals surface area contributed by atoms with Crippen LogP contribution < -0.4 is 15.4 Å². The largest absolute Gasteiger partial charge is 0.473 e. The lowest BCUT2D eigenvalue weighted by Crippen LogP contribution is -2.28. The molecule has 2 aliphatic heterocycles. The van der Waals surface area contributed by atoms with Crippen molar-refractivity contribution in [2.24, 2.45) is 0 Å². The minimum Gasteiger partial charge on any atom is -0.473 e. The molecule has 1 fully saturated rings. The summed E-state index contributed by atoms with van der Waals surface area (Å²) in [4.78, 5) is 14.0. The van der Waals surface area contributed by atoms with Crippen LogP contribution in [0.5, 0.6) is 5.88 Å². The SMILES string of the molecule is CC(C)Oc1nc(C2CCOCC2)ccc1Nc1nccc(-c2cc(C#N)c3c(c2)[C@@](C)(CO)CN3)n1. The first-order valence-electron chi connectivity index (χ1n) is 12.7. The van der Waals surface area contributed by atoms with Crippen molar-refractivity contribution in [3.63, 3.8) is 0 Å². The molecule has 0 saturated carbocycles. The Morgan fingerprint density at radius 1 is 1.24 bits per heavy atom. The Labute approximate surface area is 216 Å². The number of pyridine rings is 1. The Balaban J connectivity index is 1.46. The Morgan fingerprint density at radius 2 is 2.05 bits per heavy atom. The van der Waals surface area contributed by atoms with Gasteiger partial charge in [0.15, 0.2) is 0 Å². The number of aromatic nitrogens is 3. The van der Waals surface area contributed by atoms with E-state index in [-0.39, 0.29) is 12.7 Å². The van der Waals surface area contributed by atoms with Gasteiger partial charge in [0, 0.05) is 48.5 Å². The highest BCUT2D eigenvalue weighted by atomic mass is 16.5. The molecular formula is C28H32N6O3. The number of hydrogen-bond acceptors (Lipinski definition) is 9. The van der Waals surface area contributed by atoms with Crippen molar-refractivity contribution in [3.8, 4) is 23.2 Å². The fourth-order valence-corrected chi connectivity index (χ4v) is 4.85. The number of hydrogen-bond donors (Lipinski definition) is 3. The van der Waals surface area contributed by atoms with Crippen LogP contribution in [0.4, 0.5) is 17.3 Å². The first kappa shape index (κ1) is 24.9. The van der Waals surface area contributed by atoms with E-state index in [9.17, 15) is 10.4 Å². The molecule has 0 spiro atoms. The molecule has 0 amide bonds. The van der Waals surface area contributed by atoms with Crippen molar-refractivity contribution < 1.29 is 14.6 Å². The number of aliphatic hydroxyl groups is 1. The monoisotopic (exact) mass is 500 g/mol. The lowest BCUT2D eigenvalue weighted by Gasteiger charge is -2.23. The van der Waals surface area contributed by atoms with Crippen LogP contribution in [0.3, 0.4) is 0 Å². The summed E-state index contributed by atoms with van der Waals surface area (Å²) in [6.45, 7) is 7.97. The van der Waals surface area contributed by atoms with Gasteiger partial charge in [-0.2, -0.15) is 5.26 Å². The van der Waals surface area contributed by atoms with Gasteiger partial charge in [0.1, 0.15) is 11.8 Å². The topological polar surface area (TPSA) is 125 Å². The zero-order valence-corrected chi connectivity index (χ0v) is 21.4. The molecule has 1 saturated heterocycles. The number of aliphatic hydroxyl groups excluding tert-OH is 1. The molecule has 2 aromatic heterocycles. The van der Waals surface area contributed by atoms with Crippen molar-refractivity contribution in [2.45, 2.75) is 51.0 Å². The highest BCUT2D eigenvalue weighted by Crippen LogP contribution is 2.41. The second kappa shape index (κ2) is 10.3. The van der Waals surface area contributed by atoms with E-state index in [4.69, 9.17) is 19.4 Å². The fourth-order valence-electron chi connectivity index (χ4n) is 4.85. The summed E-state index contributed by atoms with van der Waals surface area (Å²) in [7, 11) is 0. The molecule has 0 aliphatic carbocycles. The van der Waals surface area contributed by atoms with E-state index >= 15 is 0 Å². The van der Waals surface area contributed by atoms with Gasteiger partial charge in [0.25, 0.3) is 0 Å². The summed E-state index contributed by atoms with van der Waals surface area (Å²) >= 11 is 0. The van der Waals surface area contributed by atoms with Crippen molar-refractivity contribution in [1.29, 1.82) is 5.26 Å². The Morgan fingerprint density at radius 3 is 2.78 bits per heavy atom. The van der Waals surface area contributed by atoms with Gasteiger partial charge in [-0.15, -0.1) is 0 Å². The number of anilines is 3. The standard InChI is InChI=1S/C28H32N6O3/c1-17(2)37-26-24(5-4-22(32-26)18-7-10-36-11-8-18)34-27-30-9-6-23(33-27)19-12-20(14-29)25-21(13-19)28(3,16-35)15-31-25/h4-6,9,12-13,17-18,31,35H,7-8,10-11,15-16H2,1-3H3,(H,30,33,34)/t28-/m1/s1. The molecule has 3 aromatic rings. The van der Waals surface area contributed by atoms with E-state index in [2.05, 4.69) is 21.7 Å². The second-order valence-corrected chi connectivity index (χ2v) is 10.2. The van der Waals surface area contributed by atoms with E-state index in [1.807, 2.05) is 51.1 Å². The van der Waals surface area contributed by atoms with Crippen LogP contribution in [-0.2, 0) is 10.2 Å². The summed E-state index contributed by atoms with van der Waals surface area (Å²) in [5.74, 6) is 1.26. The molecule has 4 heterocycles. The third-order valence-electron chi connectivity index (χ3n) is 6.98. The van der Waals surface area contributed by atoms with E-state index in [0.717, 1.165) is 48.6 Å². The Hall–Kier alpha value is -3.74. The zero-order chi connectivity index (χ0) is 26.0. The maximum absolute atomic E-state index is 10.0. The van der Waals surface area contributed by atoms with Crippen LogP contribution in [0, 0.1) is 11.3 Å². The Kier molecular flexibility index (Phi) is 6.96. The average molecular weight is 501 g/mol. The van der Waals surface area contributed by atoms with Gasteiger partial charge in [-0.05, 0) is 62.6 Å². The van der Waals surface area contributed by atoms with Gasteiger partial charge in [-0.3, -0.25) is 0 Å². The predicted molar refractivity (Wildman–Crippen MR) is 141 cm³/mol. The van der Waals surface area contributed by atoms with Crippen LogP contribution in [0.2, 0.25) is 0 Å². The van der Waals surface area contributed by atoms with Crippen LogP contribution in [0.25, 0.3) is 11.3 Å². The van der Waals surface area contributed by atoms with E-state index in [0.29, 0.717) is 41.2 Å². The highest BCUT2D eigenvalue weighted by molar-refractivity contribution is 5.76. The summed E-state index contributed by atoms with van der Waals surface area (Å²) in [5, 5.41) is 26.3. The first-order valence-corrected chi connectivity index (χ1v) is 12.7. The van der Waals surface area contributed by atoms with Gasteiger partial charge in [-0.1, -0.05) is 6.92 Å². The number of ether oxygens (including phenoxy) is 2. The van der Waals surface area contributed by atoms with Crippen LogP contribution >= 0.6 is 0 Å².